The Labute approximate surface area is 210 Å². The second-order valence-electron chi connectivity index (χ2n) is 9.38. The van der Waals surface area contributed by atoms with Crippen LogP contribution in [0.5, 0.6) is 11.5 Å². The van der Waals surface area contributed by atoms with Crippen molar-refractivity contribution in [2.45, 2.75) is 65.3 Å². The number of rotatable bonds is 8. The molecule has 1 aliphatic carbocycles. The van der Waals surface area contributed by atoms with Crippen molar-refractivity contribution in [1.29, 1.82) is 0 Å². The predicted octanol–water partition coefficient (Wildman–Crippen LogP) is 6.19. The quantitative estimate of drug-likeness (QED) is 0.361. The molecular weight excluding hydrogens is 440 g/mol. The Kier molecular flexibility index (Phi) is 8.96. The first-order valence-electron chi connectivity index (χ1n) is 12.4. The van der Waals surface area contributed by atoms with E-state index < -0.39 is 0 Å². The molecular formula is C29H40N2O4. The lowest BCUT2D eigenvalue weighted by atomic mass is 9.82. The molecule has 2 amide bonds. The first-order valence-corrected chi connectivity index (χ1v) is 12.4. The highest BCUT2D eigenvalue weighted by Gasteiger charge is 2.34. The monoisotopic (exact) mass is 480 g/mol. The number of benzene rings is 2. The van der Waals surface area contributed by atoms with E-state index >= 15 is 0 Å². The molecule has 6 nitrogen and oxygen atoms in total. The molecule has 1 saturated carbocycles. The largest absolute Gasteiger partial charge is 0.496 e. The molecule has 0 aromatic heterocycles. The Hall–Kier alpha value is -3.28. The van der Waals surface area contributed by atoms with E-state index in [1.165, 1.54) is 6.42 Å². The predicted molar refractivity (Wildman–Crippen MR) is 141 cm³/mol. The normalized spacial score (nSPS) is 14.7. The Bertz CT molecular complexity index is 1060. The maximum absolute atomic E-state index is 14.0. The summed E-state index contributed by atoms with van der Waals surface area (Å²) in [6, 6.07) is 8.83. The first kappa shape index (κ1) is 26.3. The Morgan fingerprint density at radius 2 is 1.77 bits per heavy atom. The Balaban J connectivity index is 0.00000456. The van der Waals surface area contributed by atoms with Crippen LogP contribution in [0.1, 0.15) is 77.4 Å². The van der Waals surface area contributed by atoms with E-state index in [0.29, 0.717) is 23.3 Å². The van der Waals surface area contributed by atoms with Crippen LogP contribution in [0, 0.1) is 26.7 Å². The summed E-state index contributed by atoms with van der Waals surface area (Å²) >= 11 is 0. The van der Waals surface area contributed by atoms with Gasteiger partial charge in [-0.15, -0.1) is 6.58 Å². The summed E-state index contributed by atoms with van der Waals surface area (Å²) in [7, 11) is 3.21. The molecule has 0 bridgehead atoms. The van der Waals surface area contributed by atoms with E-state index in [4.69, 9.17) is 9.47 Å². The molecule has 0 heterocycles. The molecule has 1 atom stereocenters. The lowest BCUT2D eigenvalue weighted by Gasteiger charge is -2.38. The first-order chi connectivity index (χ1) is 16.8. The number of nitrogens with one attached hydrogen (secondary N) is 1. The topological polar surface area (TPSA) is 67.9 Å². The third-order valence-electron chi connectivity index (χ3n) is 7.03. The number of nitrogens with zero attached hydrogens (tertiary/aromatic N) is 1. The molecule has 2 aromatic rings. The summed E-state index contributed by atoms with van der Waals surface area (Å²) in [6.45, 7) is 9.64. The van der Waals surface area contributed by atoms with E-state index in [9.17, 15) is 9.59 Å². The molecule has 6 heteroatoms. The van der Waals surface area contributed by atoms with Crippen molar-refractivity contribution in [3.05, 3.63) is 70.8 Å². The van der Waals surface area contributed by atoms with Gasteiger partial charge in [0.15, 0.2) is 0 Å². The van der Waals surface area contributed by atoms with Crippen LogP contribution >= 0.6 is 0 Å². The summed E-state index contributed by atoms with van der Waals surface area (Å²) in [5.41, 5.74) is 6.47. The van der Waals surface area contributed by atoms with Crippen molar-refractivity contribution in [2.75, 3.05) is 14.2 Å². The fourth-order valence-electron chi connectivity index (χ4n) is 5.27. The molecule has 2 aromatic carbocycles. The van der Waals surface area contributed by atoms with Gasteiger partial charge >= 0.3 is 0 Å². The second-order valence-corrected chi connectivity index (χ2v) is 9.38. The number of aryl methyl sites for hydroxylation is 2. The number of hydrogen-bond donors (Lipinski definition) is 1. The van der Waals surface area contributed by atoms with Gasteiger partial charge in [0.25, 0.3) is 11.8 Å². The van der Waals surface area contributed by atoms with Crippen LogP contribution in [0.3, 0.4) is 0 Å². The Morgan fingerprint density at radius 3 is 2.34 bits per heavy atom. The maximum atomic E-state index is 14.0. The van der Waals surface area contributed by atoms with Crippen molar-refractivity contribution >= 4 is 11.8 Å². The van der Waals surface area contributed by atoms with Gasteiger partial charge in [0.05, 0.1) is 20.3 Å². The van der Waals surface area contributed by atoms with Crippen molar-refractivity contribution in [2.24, 2.45) is 5.92 Å². The molecule has 1 fully saturated rings. The van der Waals surface area contributed by atoms with Crippen LogP contribution < -0.4 is 14.9 Å². The zero-order valence-corrected chi connectivity index (χ0v) is 21.6. The number of hydrogen-bond acceptors (Lipinski definition) is 4. The summed E-state index contributed by atoms with van der Waals surface area (Å²) < 4.78 is 10.9. The zero-order valence-electron chi connectivity index (χ0n) is 21.6. The third-order valence-corrected chi connectivity index (χ3v) is 7.03. The molecule has 0 aliphatic heterocycles. The summed E-state index contributed by atoms with van der Waals surface area (Å²) in [5, 5.41) is 1.56. The number of amides is 2. The van der Waals surface area contributed by atoms with Crippen LogP contribution in [0.4, 0.5) is 0 Å². The smallest absolute Gasteiger partial charge is 0.272 e. The Morgan fingerprint density at radius 1 is 1.11 bits per heavy atom. The van der Waals surface area contributed by atoms with Gasteiger partial charge in [0.2, 0.25) is 0 Å². The van der Waals surface area contributed by atoms with Gasteiger partial charge in [-0.3, -0.25) is 15.0 Å². The number of carbonyl (C=O) groups excluding carboxylic acids is 2. The highest BCUT2D eigenvalue weighted by Crippen LogP contribution is 2.32. The molecule has 0 spiro atoms. The van der Waals surface area contributed by atoms with E-state index in [-0.39, 0.29) is 25.2 Å². The van der Waals surface area contributed by atoms with Gasteiger partial charge in [-0.25, -0.2) is 5.01 Å². The maximum Gasteiger partial charge on any atom is 0.272 e. The lowest BCUT2D eigenvalue weighted by Crippen LogP contribution is -2.54. The molecule has 0 radical (unpaired) electrons. The number of carbonyl (C=O) groups is 2. The average Bonchev–Trinajstić information content (AvgIpc) is 2.86. The van der Waals surface area contributed by atoms with Crippen LogP contribution in [0.2, 0.25) is 0 Å². The van der Waals surface area contributed by atoms with Crippen LogP contribution in [-0.2, 0) is 0 Å². The molecule has 3 rings (SSSR count). The summed E-state index contributed by atoms with van der Waals surface area (Å²) in [4.78, 5) is 27.5. The molecule has 190 valence electrons. The van der Waals surface area contributed by atoms with Crippen molar-refractivity contribution < 1.29 is 20.5 Å². The minimum atomic E-state index is -0.332. The highest BCUT2D eigenvalue weighted by atomic mass is 16.5. The van der Waals surface area contributed by atoms with Gasteiger partial charge in [-0.2, -0.15) is 0 Å². The molecule has 1 N–H and O–H groups in total. The standard InChI is InChI=1S/C29H38N2O4.H2/c1-7-12-25(22-13-9-8-10-14-22)31(29(33)23-17-19(2)27(35-6)20(3)18-23)30-28(32)24-15-11-16-26(34-5)21(24)4;/h7,11,15-18,22,25H,1,8-10,12-14H2,2-6H3,(H,30,32);1H/t25-;/m1./s1. The van der Waals surface area contributed by atoms with Crippen LogP contribution in [0.25, 0.3) is 0 Å². The van der Waals surface area contributed by atoms with E-state index in [0.717, 1.165) is 48.1 Å². The van der Waals surface area contributed by atoms with Gasteiger partial charge in [0, 0.05) is 18.1 Å². The zero-order chi connectivity index (χ0) is 25.5. The number of hydrazine groups is 1. The fourth-order valence-corrected chi connectivity index (χ4v) is 5.27. The minimum absolute atomic E-state index is 0. The van der Waals surface area contributed by atoms with Gasteiger partial charge < -0.3 is 9.47 Å². The van der Waals surface area contributed by atoms with Gasteiger partial charge in [-0.1, -0.05) is 31.4 Å². The van der Waals surface area contributed by atoms with Crippen LogP contribution in [0.15, 0.2) is 43.0 Å². The van der Waals surface area contributed by atoms with E-state index in [1.54, 1.807) is 31.4 Å². The number of methoxy groups -OCH3 is 2. The SMILES string of the molecule is C=CC[C@H](C1CCCCC1)N(NC(=O)c1cccc(OC)c1C)C(=O)c1cc(C)c(OC)c(C)c1.[HH]. The van der Waals surface area contributed by atoms with Crippen LogP contribution in [-0.4, -0.2) is 37.1 Å². The van der Waals surface area contributed by atoms with E-state index in [2.05, 4.69) is 12.0 Å². The van der Waals surface area contributed by atoms with Crippen molar-refractivity contribution in [3.63, 3.8) is 0 Å². The third kappa shape index (κ3) is 5.87. The highest BCUT2D eigenvalue weighted by molar-refractivity contribution is 6.00. The molecule has 0 unspecified atom stereocenters. The van der Waals surface area contributed by atoms with Crippen molar-refractivity contribution in [1.82, 2.24) is 10.4 Å². The summed E-state index contributed by atoms with van der Waals surface area (Å²) in [5.74, 6) is 1.12. The van der Waals surface area contributed by atoms with E-state index in [1.807, 2.05) is 45.0 Å². The van der Waals surface area contributed by atoms with Gasteiger partial charge in [0.1, 0.15) is 11.5 Å². The number of ether oxygens (including phenoxy) is 2. The molecule has 35 heavy (non-hydrogen) atoms. The van der Waals surface area contributed by atoms with Gasteiger partial charge in [-0.05, 0) is 81.3 Å². The second kappa shape index (κ2) is 11.9. The minimum Gasteiger partial charge on any atom is -0.496 e. The van der Waals surface area contributed by atoms with Crippen molar-refractivity contribution in [3.8, 4) is 11.5 Å². The molecule has 1 aliphatic rings. The lowest BCUT2D eigenvalue weighted by molar-refractivity contribution is 0.0357. The average molecular weight is 481 g/mol. The fraction of sp³-hybridized carbons (Fsp3) is 0.448. The molecule has 0 saturated heterocycles. The summed E-state index contributed by atoms with van der Waals surface area (Å²) in [6.07, 6.45) is 7.95.